The zero-order chi connectivity index (χ0) is 22.6. The Morgan fingerprint density at radius 1 is 1.03 bits per heavy atom. The van der Waals surface area contributed by atoms with Crippen molar-refractivity contribution in [3.8, 4) is 0 Å². The molecule has 2 rings (SSSR count). The standard InChI is InChI=1S/C23H30FN3O3/c1-14(2)11-26(6)23(30)20-13-27(15(3)4)12-19(21(20)28)22(29)25-16(5)17-7-9-18(24)10-8-17/h7-10,12-16H,11H2,1-6H3,(H,25,29)/t16-/m1/s1. The molecule has 0 saturated heterocycles. The number of carbonyl (C=O) groups excluding carboxylic acids is 2. The summed E-state index contributed by atoms with van der Waals surface area (Å²) in [5, 5.41) is 2.77. The van der Waals surface area contributed by atoms with Crippen LogP contribution in [-0.2, 0) is 0 Å². The highest BCUT2D eigenvalue weighted by molar-refractivity contribution is 5.99. The van der Waals surface area contributed by atoms with Crippen LogP contribution in [0.3, 0.4) is 0 Å². The van der Waals surface area contributed by atoms with Gasteiger partial charge in [0.1, 0.15) is 16.9 Å². The van der Waals surface area contributed by atoms with Gasteiger partial charge in [-0.2, -0.15) is 0 Å². The van der Waals surface area contributed by atoms with E-state index in [0.717, 1.165) is 0 Å². The molecular weight excluding hydrogens is 385 g/mol. The van der Waals surface area contributed by atoms with Crippen LogP contribution in [0.4, 0.5) is 4.39 Å². The molecule has 162 valence electrons. The zero-order valence-electron chi connectivity index (χ0n) is 18.4. The molecule has 7 heteroatoms. The molecule has 1 N–H and O–H groups in total. The van der Waals surface area contributed by atoms with Gasteiger partial charge >= 0.3 is 0 Å². The number of carbonyl (C=O) groups is 2. The molecule has 0 fully saturated rings. The van der Waals surface area contributed by atoms with Crippen LogP contribution < -0.4 is 10.7 Å². The average Bonchev–Trinajstić information content (AvgIpc) is 2.67. The van der Waals surface area contributed by atoms with E-state index < -0.39 is 23.3 Å². The van der Waals surface area contributed by atoms with Gasteiger partial charge in [-0.25, -0.2) is 4.39 Å². The van der Waals surface area contributed by atoms with Gasteiger partial charge in [-0.1, -0.05) is 26.0 Å². The monoisotopic (exact) mass is 415 g/mol. The molecule has 0 spiro atoms. The van der Waals surface area contributed by atoms with Gasteiger partial charge in [0.05, 0.1) is 6.04 Å². The quantitative estimate of drug-likeness (QED) is 0.748. The first-order valence-electron chi connectivity index (χ1n) is 10.1. The van der Waals surface area contributed by atoms with Crippen molar-refractivity contribution >= 4 is 11.8 Å². The summed E-state index contributed by atoms with van der Waals surface area (Å²) in [6.07, 6.45) is 2.98. The molecule has 0 bridgehead atoms. The third-order valence-electron chi connectivity index (χ3n) is 4.82. The normalized spacial score (nSPS) is 12.2. The minimum absolute atomic E-state index is 0.0334. The second kappa shape index (κ2) is 9.69. The predicted octanol–water partition coefficient (Wildman–Crippen LogP) is 3.79. The van der Waals surface area contributed by atoms with Crippen molar-refractivity contribution in [3.63, 3.8) is 0 Å². The molecule has 1 aromatic carbocycles. The molecule has 1 aromatic heterocycles. The van der Waals surface area contributed by atoms with Crippen molar-refractivity contribution in [1.82, 2.24) is 14.8 Å². The topological polar surface area (TPSA) is 71.4 Å². The molecule has 0 saturated carbocycles. The van der Waals surface area contributed by atoms with Crippen LogP contribution in [0.1, 0.15) is 73.0 Å². The van der Waals surface area contributed by atoms with Crippen molar-refractivity contribution in [1.29, 1.82) is 0 Å². The van der Waals surface area contributed by atoms with Crippen molar-refractivity contribution in [2.45, 2.75) is 46.7 Å². The highest BCUT2D eigenvalue weighted by Crippen LogP contribution is 2.14. The second-order valence-electron chi connectivity index (χ2n) is 8.28. The zero-order valence-corrected chi connectivity index (χ0v) is 18.4. The van der Waals surface area contributed by atoms with E-state index in [2.05, 4.69) is 5.32 Å². The Morgan fingerprint density at radius 2 is 1.60 bits per heavy atom. The van der Waals surface area contributed by atoms with Crippen LogP contribution in [0.2, 0.25) is 0 Å². The van der Waals surface area contributed by atoms with Gasteiger partial charge in [-0.05, 0) is 44.4 Å². The summed E-state index contributed by atoms with van der Waals surface area (Å²) in [5.41, 5.74) is -0.0236. The Labute approximate surface area is 176 Å². The van der Waals surface area contributed by atoms with Crippen LogP contribution in [0.5, 0.6) is 0 Å². The molecule has 0 aliphatic carbocycles. The summed E-state index contributed by atoms with van der Waals surface area (Å²) in [6, 6.07) is 5.30. The van der Waals surface area contributed by atoms with Crippen molar-refractivity contribution in [2.24, 2.45) is 5.92 Å². The van der Waals surface area contributed by atoms with Gasteiger partial charge in [0, 0.05) is 32.0 Å². The van der Waals surface area contributed by atoms with E-state index >= 15 is 0 Å². The fraction of sp³-hybridized carbons (Fsp3) is 0.435. The maximum atomic E-state index is 13.1. The van der Waals surface area contributed by atoms with Crippen LogP contribution in [0, 0.1) is 11.7 Å². The molecule has 1 atom stereocenters. The van der Waals surface area contributed by atoms with E-state index in [9.17, 15) is 18.8 Å². The Bertz CT molecular complexity index is 965. The van der Waals surface area contributed by atoms with Gasteiger partial charge in [0.15, 0.2) is 0 Å². The number of rotatable bonds is 7. The van der Waals surface area contributed by atoms with Crippen LogP contribution in [0.15, 0.2) is 41.5 Å². The lowest BCUT2D eigenvalue weighted by atomic mass is 10.1. The number of aromatic nitrogens is 1. The molecule has 0 unspecified atom stereocenters. The van der Waals surface area contributed by atoms with E-state index in [1.165, 1.54) is 29.4 Å². The lowest BCUT2D eigenvalue weighted by Gasteiger charge is -2.21. The van der Waals surface area contributed by atoms with E-state index in [0.29, 0.717) is 12.1 Å². The SMILES string of the molecule is CC(C)CN(C)C(=O)c1cn(C(C)C)cc(C(=O)N[C@H](C)c2ccc(F)cc2)c1=O. The smallest absolute Gasteiger partial charge is 0.259 e. The van der Waals surface area contributed by atoms with E-state index in [4.69, 9.17) is 0 Å². The molecule has 30 heavy (non-hydrogen) atoms. The number of hydrogen-bond donors (Lipinski definition) is 1. The molecule has 0 radical (unpaired) electrons. The lowest BCUT2D eigenvalue weighted by Crippen LogP contribution is -2.38. The van der Waals surface area contributed by atoms with E-state index in [1.54, 1.807) is 30.7 Å². The molecule has 6 nitrogen and oxygen atoms in total. The third kappa shape index (κ3) is 5.55. The summed E-state index contributed by atoms with van der Waals surface area (Å²) >= 11 is 0. The number of nitrogens with one attached hydrogen (secondary N) is 1. The third-order valence-corrected chi connectivity index (χ3v) is 4.82. The average molecular weight is 416 g/mol. The molecule has 2 amide bonds. The highest BCUT2D eigenvalue weighted by atomic mass is 19.1. The number of amides is 2. The Hall–Kier alpha value is -2.96. The summed E-state index contributed by atoms with van der Waals surface area (Å²) in [7, 11) is 1.64. The number of halogens is 1. The number of benzene rings is 1. The molecule has 0 aliphatic heterocycles. The Kier molecular flexibility index (Phi) is 7.54. The van der Waals surface area contributed by atoms with Crippen molar-refractivity contribution in [3.05, 3.63) is 69.4 Å². The number of pyridine rings is 1. The summed E-state index contributed by atoms with van der Waals surface area (Å²) in [5.74, 6) is -1.11. The Balaban J connectivity index is 2.39. The maximum absolute atomic E-state index is 13.1. The molecule has 1 heterocycles. The minimum Gasteiger partial charge on any atom is -0.350 e. The first-order chi connectivity index (χ1) is 14.0. The molecular formula is C23H30FN3O3. The summed E-state index contributed by atoms with van der Waals surface area (Å²) in [4.78, 5) is 40.3. The Morgan fingerprint density at radius 3 is 2.13 bits per heavy atom. The van der Waals surface area contributed by atoms with Crippen LogP contribution >= 0.6 is 0 Å². The summed E-state index contributed by atoms with van der Waals surface area (Å²) in [6.45, 7) is 10.0. The predicted molar refractivity (Wildman–Crippen MR) is 115 cm³/mol. The van der Waals surface area contributed by atoms with Crippen LogP contribution in [0.25, 0.3) is 0 Å². The highest BCUT2D eigenvalue weighted by Gasteiger charge is 2.23. The van der Waals surface area contributed by atoms with Gasteiger partial charge < -0.3 is 14.8 Å². The van der Waals surface area contributed by atoms with E-state index in [1.807, 2.05) is 27.7 Å². The first kappa shape index (κ1) is 23.3. The second-order valence-corrected chi connectivity index (χ2v) is 8.28. The molecule has 2 aromatic rings. The van der Waals surface area contributed by atoms with Gasteiger partial charge in [-0.3, -0.25) is 14.4 Å². The fourth-order valence-electron chi connectivity index (χ4n) is 3.16. The van der Waals surface area contributed by atoms with Crippen molar-refractivity contribution in [2.75, 3.05) is 13.6 Å². The molecule has 0 aliphatic rings. The van der Waals surface area contributed by atoms with Crippen LogP contribution in [-0.4, -0.2) is 34.9 Å². The number of hydrogen-bond acceptors (Lipinski definition) is 3. The lowest BCUT2D eigenvalue weighted by molar-refractivity contribution is 0.0777. The van der Waals surface area contributed by atoms with Crippen molar-refractivity contribution < 1.29 is 14.0 Å². The summed E-state index contributed by atoms with van der Waals surface area (Å²) < 4.78 is 14.8. The number of nitrogens with zero attached hydrogens (tertiary/aromatic N) is 2. The largest absolute Gasteiger partial charge is 0.350 e. The van der Waals surface area contributed by atoms with Gasteiger partial charge in [0.25, 0.3) is 11.8 Å². The van der Waals surface area contributed by atoms with Gasteiger partial charge in [-0.15, -0.1) is 0 Å². The van der Waals surface area contributed by atoms with Gasteiger partial charge in [0.2, 0.25) is 5.43 Å². The fourth-order valence-corrected chi connectivity index (χ4v) is 3.16. The first-order valence-corrected chi connectivity index (χ1v) is 10.1. The van der Waals surface area contributed by atoms with E-state index in [-0.39, 0.29) is 28.9 Å². The minimum atomic E-state index is -0.601. The maximum Gasteiger partial charge on any atom is 0.259 e.